The summed E-state index contributed by atoms with van der Waals surface area (Å²) in [5.41, 5.74) is 1.13. The van der Waals surface area contributed by atoms with Gasteiger partial charge in [0.15, 0.2) is 0 Å². The van der Waals surface area contributed by atoms with E-state index in [0.717, 1.165) is 15.9 Å². The van der Waals surface area contributed by atoms with Crippen molar-refractivity contribution in [2.24, 2.45) is 0 Å². The molecule has 1 aliphatic heterocycles. The number of benzene rings is 1. The zero-order valence-corrected chi connectivity index (χ0v) is 13.5. The summed E-state index contributed by atoms with van der Waals surface area (Å²) in [6, 6.07) is 7.27. The molecule has 1 aromatic rings. The van der Waals surface area contributed by atoms with Crippen LogP contribution in [0.5, 0.6) is 5.75 Å². The van der Waals surface area contributed by atoms with E-state index in [1.54, 1.807) is 7.11 Å². The van der Waals surface area contributed by atoms with E-state index in [0.29, 0.717) is 12.1 Å². The second-order valence-electron chi connectivity index (χ2n) is 5.39. The first-order valence-electron chi connectivity index (χ1n) is 6.94. The molecule has 0 aliphatic carbocycles. The standard InChI is InChI=1S/C15H23BrN2O/c1-11(2)18-8-6-12(7-9-18)17-15-10-13(19-3)4-5-14(15)16/h4-5,10-12,17H,6-9H2,1-3H3. The van der Waals surface area contributed by atoms with Crippen LogP contribution in [0.25, 0.3) is 0 Å². The first-order valence-corrected chi connectivity index (χ1v) is 7.73. The summed E-state index contributed by atoms with van der Waals surface area (Å²) in [6.07, 6.45) is 2.39. The lowest BCUT2D eigenvalue weighted by Crippen LogP contribution is -2.42. The van der Waals surface area contributed by atoms with Crippen LogP contribution in [0.4, 0.5) is 5.69 Å². The van der Waals surface area contributed by atoms with E-state index in [2.05, 4.69) is 46.1 Å². The molecule has 0 spiro atoms. The number of likely N-dealkylation sites (tertiary alicyclic amines) is 1. The van der Waals surface area contributed by atoms with Gasteiger partial charge in [-0.25, -0.2) is 0 Å². The maximum Gasteiger partial charge on any atom is 0.121 e. The maximum atomic E-state index is 5.28. The Labute approximate surface area is 124 Å². The van der Waals surface area contributed by atoms with E-state index in [1.807, 2.05) is 12.1 Å². The molecule has 0 amide bonds. The number of rotatable bonds is 4. The predicted octanol–water partition coefficient (Wildman–Crippen LogP) is 3.74. The summed E-state index contributed by atoms with van der Waals surface area (Å²) < 4.78 is 6.38. The molecule has 1 heterocycles. The number of hydrogen-bond acceptors (Lipinski definition) is 3. The molecule has 0 radical (unpaired) electrons. The molecule has 2 rings (SSSR count). The summed E-state index contributed by atoms with van der Waals surface area (Å²) in [5, 5.41) is 3.63. The van der Waals surface area contributed by atoms with Crippen molar-refractivity contribution in [3.63, 3.8) is 0 Å². The SMILES string of the molecule is COc1ccc(Br)c(NC2CCN(C(C)C)CC2)c1. The maximum absolute atomic E-state index is 5.28. The van der Waals surface area contributed by atoms with Gasteiger partial charge in [0.2, 0.25) is 0 Å². The minimum absolute atomic E-state index is 0.554. The molecule has 1 saturated heterocycles. The number of nitrogens with one attached hydrogen (secondary N) is 1. The van der Waals surface area contributed by atoms with Crippen molar-refractivity contribution in [2.75, 3.05) is 25.5 Å². The summed E-state index contributed by atoms with van der Waals surface area (Å²) in [7, 11) is 1.70. The average molecular weight is 327 g/mol. The lowest BCUT2D eigenvalue weighted by Gasteiger charge is -2.35. The number of piperidine rings is 1. The molecule has 1 aromatic carbocycles. The molecule has 4 heteroatoms. The van der Waals surface area contributed by atoms with Gasteiger partial charge >= 0.3 is 0 Å². The molecule has 1 fully saturated rings. The van der Waals surface area contributed by atoms with Crippen LogP contribution in [-0.4, -0.2) is 37.2 Å². The molecule has 0 saturated carbocycles. The third-order valence-electron chi connectivity index (χ3n) is 3.79. The summed E-state index contributed by atoms with van der Waals surface area (Å²) in [4.78, 5) is 2.54. The third-order valence-corrected chi connectivity index (χ3v) is 4.48. The molecular formula is C15H23BrN2O. The molecule has 1 N–H and O–H groups in total. The zero-order chi connectivity index (χ0) is 13.8. The van der Waals surface area contributed by atoms with Crippen LogP contribution in [0.2, 0.25) is 0 Å². The van der Waals surface area contributed by atoms with Crippen LogP contribution in [0, 0.1) is 0 Å². The highest BCUT2D eigenvalue weighted by Gasteiger charge is 2.21. The zero-order valence-electron chi connectivity index (χ0n) is 11.9. The normalized spacial score (nSPS) is 17.7. The Bertz CT molecular complexity index is 415. The highest BCUT2D eigenvalue weighted by molar-refractivity contribution is 9.10. The minimum Gasteiger partial charge on any atom is -0.497 e. The van der Waals surface area contributed by atoms with E-state index in [4.69, 9.17) is 4.74 Å². The van der Waals surface area contributed by atoms with E-state index >= 15 is 0 Å². The van der Waals surface area contributed by atoms with Gasteiger partial charge in [-0.15, -0.1) is 0 Å². The highest BCUT2D eigenvalue weighted by Crippen LogP contribution is 2.29. The van der Waals surface area contributed by atoms with Crippen molar-refractivity contribution in [1.29, 1.82) is 0 Å². The fraction of sp³-hybridized carbons (Fsp3) is 0.600. The van der Waals surface area contributed by atoms with Crippen LogP contribution in [0.15, 0.2) is 22.7 Å². The molecule has 0 aromatic heterocycles. The van der Waals surface area contributed by atoms with Crippen molar-refractivity contribution in [1.82, 2.24) is 4.90 Å². The van der Waals surface area contributed by atoms with Crippen LogP contribution in [0.1, 0.15) is 26.7 Å². The summed E-state index contributed by atoms with van der Waals surface area (Å²) in [5.74, 6) is 0.894. The second kappa shape index (κ2) is 6.62. The van der Waals surface area contributed by atoms with Gasteiger partial charge in [0.1, 0.15) is 5.75 Å². The van der Waals surface area contributed by atoms with Gasteiger partial charge in [0.05, 0.1) is 12.8 Å². The van der Waals surface area contributed by atoms with Crippen molar-refractivity contribution < 1.29 is 4.74 Å². The fourth-order valence-corrected chi connectivity index (χ4v) is 2.88. The van der Waals surface area contributed by atoms with Crippen molar-refractivity contribution in [3.05, 3.63) is 22.7 Å². The number of anilines is 1. The number of hydrogen-bond donors (Lipinski definition) is 1. The summed E-state index contributed by atoms with van der Waals surface area (Å²) in [6.45, 7) is 6.90. The number of halogens is 1. The van der Waals surface area contributed by atoms with Gasteiger partial charge in [0.25, 0.3) is 0 Å². The monoisotopic (exact) mass is 326 g/mol. The number of ether oxygens (including phenoxy) is 1. The molecule has 3 nitrogen and oxygen atoms in total. The van der Waals surface area contributed by atoms with Crippen molar-refractivity contribution in [3.8, 4) is 5.75 Å². The summed E-state index contributed by atoms with van der Waals surface area (Å²) >= 11 is 3.59. The number of nitrogens with zero attached hydrogens (tertiary/aromatic N) is 1. The molecule has 0 unspecified atom stereocenters. The van der Waals surface area contributed by atoms with Gasteiger partial charge in [0, 0.05) is 35.7 Å². The first-order chi connectivity index (χ1) is 9.10. The average Bonchev–Trinajstić information content (AvgIpc) is 2.42. The van der Waals surface area contributed by atoms with Crippen molar-refractivity contribution >= 4 is 21.6 Å². The lowest BCUT2D eigenvalue weighted by molar-refractivity contribution is 0.177. The van der Waals surface area contributed by atoms with Crippen molar-refractivity contribution in [2.45, 2.75) is 38.8 Å². The largest absolute Gasteiger partial charge is 0.497 e. The second-order valence-corrected chi connectivity index (χ2v) is 6.25. The Hall–Kier alpha value is -0.740. The van der Waals surface area contributed by atoms with E-state index in [9.17, 15) is 0 Å². The van der Waals surface area contributed by atoms with Gasteiger partial charge in [-0.3, -0.25) is 0 Å². The molecular weight excluding hydrogens is 304 g/mol. The Morgan fingerprint density at radius 2 is 2.00 bits per heavy atom. The van der Waals surface area contributed by atoms with E-state index in [1.165, 1.54) is 25.9 Å². The Morgan fingerprint density at radius 1 is 1.32 bits per heavy atom. The highest BCUT2D eigenvalue weighted by atomic mass is 79.9. The smallest absolute Gasteiger partial charge is 0.121 e. The van der Waals surface area contributed by atoms with Crippen LogP contribution in [-0.2, 0) is 0 Å². The molecule has 0 bridgehead atoms. The molecule has 1 aliphatic rings. The minimum atomic E-state index is 0.554. The predicted molar refractivity (Wildman–Crippen MR) is 84.0 cm³/mol. The van der Waals surface area contributed by atoms with E-state index in [-0.39, 0.29) is 0 Å². The number of methoxy groups -OCH3 is 1. The first kappa shape index (κ1) is 14.7. The van der Waals surface area contributed by atoms with Gasteiger partial charge in [-0.05, 0) is 54.8 Å². The molecule has 106 valence electrons. The Kier molecular flexibility index (Phi) is 5.11. The van der Waals surface area contributed by atoms with Crippen LogP contribution < -0.4 is 10.1 Å². The van der Waals surface area contributed by atoms with E-state index < -0.39 is 0 Å². The molecule has 0 atom stereocenters. The van der Waals surface area contributed by atoms with Crippen LogP contribution >= 0.6 is 15.9 Å². The lowest BCUT2D eigenvalue weighted by atomic mass is 10.0. The van der Waals surface area contributed by atoms with Gasteiger partial charge in [-0.2, -0.15) is 0 Å². The Morgan fingerprint density at radius 3 is 2.58 bits per heavy atom. The topological polar surface area (TPSA) is 24.5 Å². The van der Waals surface area contributed by atoms with Gasteiger partial charge in [-0.1, -0.05) is 0 Å². The Balaban J connectivity index is 1.95. The van der Waals surface area contributed by atoms with Gasteiger partial charge < -0.3 is 15.0 Å². The fourth-order valence-electron chi connectivity index (χ4n) is 2.52. The molecule has 19 heavy (non-hydrogen) atoms. The third kappa shape index (κ3) is 3.86. The quantitative estimate of drug-likeness (QED) is 0.912. The van der Waals surface area contributed by atoms with Crippen LogP contribution in [0.3, 0.4) is 0 Å².